The van der Waals surface area contributed by atoms with E-state index in [2.05, 4.69) is 5.32 Å². The Labute approximate surface area is 78.3 Å². The van der Waals surface area contributed by atoms with Crippen LogP contribution in [-0.2, 0) is 4.79 Å². The molecular formula is C9H17FN2O. The van der Waals surface area contributed by atoms with E-state index in [1.54, 1.807) is 4.90 Å². The molecule has 4 heteroatoms. The van der Waals surface area contributed by atoms with E-state index in [1.165, 1.54) is 6.92 Å². The van der Waals surface area contributed by atoms with Crippen molar-refractivity contribution < 1.29 is 9.18 Å². The van der Waals surface area contributed by atoms with Crippen LogP contribution in [0.1, 0.15) is 20.8 Å². The number of carbonyl (C=O) groups excluding carboxylic acids is 1. The average Bonchev–Trinajstić information content (AvgIpc) is 2.31. The smallest absolute Gasteiger partial charge is 0.219 e. The monoisotopic (exact) mass is 188 g/mol. The zero-order valence-electron chi connectivity index (χ0n) is 8.38. The van der Waals surface area contributed by atoms with Gasteiger partial charge in [-0.3, -0.25) is 4.79 Å². The summed E-state index contributed by atoms with van der Waals surface area (Å²) < 4.78 is 13.3. The van der Waals surface area contributed by atoms with E-state index in [1.807, 2.05) is 13.8 Å². The van der Waals surface area contributed by atoms with Gasteiger partial charge in [-0.05, 0) is 0 Å². The summed E-state index contributed by atoms with van der Waals surface area (Å²) in [5.41, 5.74) is 0. The summed E-state index contributed by atoms with van der Waals surface area (Å²) >= 11 is 0. The van der Waals surface area contributed by atoms with Gasteiger partial charge in [0.2, 0.25) is 5.91 Å². The van der Waals surface area contributed by atoms with Crippen LogP contribution < -0.4 is 5.32 Å². The topological polar surface area (TPSA) is 32.3 Å². The van der Waals surface area contributed by atoms with Gasteiger partial charge in [0.05, 0.1) is 12.6 Å². The highest BCUT2D eigenvalue weighted by atomic mass is 19.1. The fraction of sp³-hybridized carbons (Fsp3) is 0.889. The van der Waals surface area contributed by atoms with Gasteiger partial charge in [-0.1, -0.05) is 13.8 Å². The first-order valence-electron chi connectivity index (χ1n) is 4.66. The lowest BCUT2D eigenvalue weighted by Gasteiger charge is -2.17. The van der Waals surface area contributed by atoms with Gasteiger partial charge >= 0.3 is 0 Å². The summed E-state index contributed by atoms with van der Waals surface area (Å²) in [7, 11) is 0. The Kier molecular flexibility index (Phi) is 3.25. The summed E-state index contributed by atoms with van der Waals surface area (Å²) in [6, 6.07) is 0.0686. The highest BCUT2D eigenvalue weighted by Gasteiger charge is 2.33. The molecule has 0 unspecified atom stereocenters. The standard InChI is InChI=1S/C9H17FN2O/c1-6(2)11-9-5-12(7(3)13)4-8(9)10/h6,8-9,11H,4-5H2,1-3H3/t8-,9+/m0/s1. The molecule has 1 heterocycles. The van der Waals surface area contributed by atoms with Gasteiger partial charge in [0, 0.05) is 19.5 Å². The van der Waals surface area contributed by atoms with Crippen LogP contribution in [0.3, 0.4) is 0 Å². The molecule has 0 saturated carbocycles. The Morgan fingerprint density at radius 1 is 1.54 bits per heavy atom. The third-order valence-corrected chi connectivity index (χ3v) is 2.24. The molecule has 0 radical (unpaired) electrons. The molecule has 1 saturated heterocycles. The summed E-state index contributed by atoms with van der Waals surface area (Å²) in [4.78, 5) is 12.5. The first-order chi connectivity index (χ1) is 6.00. The zero-order chi connectivity index (χ0) is 10.0. The minimum Gasteiger partial charge on any atom is -0.338 e. The van der Waals surface area contributed by atoms with E-state index >= 15 is 0 Å². The molecular weight excluding hydrogens is 171 g/mol. The van der Waals surface area contributed by atoms with E-state index in [0.717, 1.165) is 0 Å². The fourth-order valence-electron chi connectivity index (χ4n) is 1.61. The second-order valence-corrected chi connectivity index (χ2v) is 3.87. The first kappa shape index (κ1) is 10.4. The molecule has 1 aliphatic rings. The Morgan fingerprint density at radius 2 is 2.15 bits per heavy atom. The quantitative estimate of drug-likeness (QED) is 0.686. The molecule has 1 fully saturated rings. The minimum atomic E-state index is -0.925. The van der Waals surface area contributed by atoms with Crippen LogP contribution in [-0.4, -0.2) is 42.2 Å². The van der Waals surface area contributed by atoms with Crippen molar-refractivity contribution in [1.82, 2.24) is 10.2 Å². The summed E-state index contributed by atoms with van der Waals surface area (Å²) in [5.74, 6) is -0.0456. The van der Waals surface area contributed by atoms with E-state index in [0.29, 0.717) is 6.54 Å². The maximum Gasteiger partial charge on any atom is 0.219 e. The first-order valence-corrected chi connectivity index (χ1v) is 4.66. The Morgan fingerprint density at radius 3 is 2.54 bits per heavy atom. The molecule has 2 atom stereocenters. The normalized spacial score (nSPS) is 28.5. The van der Waals surface area contributed by atoms with Crippen LogP contribution >= 0.6 is 0 Å². The molecule has 0 aromatic heterocycles. The zero-order valence-corrected chi connectivity index (χ0v) is 8.38. The van der Waals surface area contributed by atoms with Crippen molar-refractivity contribution in [3.8, 4) is 0 Å². The summed E-state index contributed by atoms with van der Waals surface area (Å²) in [6.45, 7) is 6.16. The van der Waals surface area contributed by atoms with Crippen molar-refractivity contribution in [2.45, 2.75) is 39.0 Å². The summed E-state index contributed by atoms with van der Waals surface area (Å²) in [6.07, 6.45) is -0.925. The molecule has 0 aromatic rings. The minimum absolute atomic E-state index is 0.0456. The van der Waals surface area contributed by atoms with E-state index in [-0.39, 0.29) is 24.5 Å². The van der Waals surface area contributed by atoms with Crippen LogP contribution in [0.25, 0.3) is 0 Å². The molecule has 3 nitrogen and oxygen atoms in total. The van der Waals surface area contributed by atoms with Crippen LogP contribution in [0.5, 0.6) is 0 Å². The third-order valence-electron chi connectivity index (χ3n) is 2.24. The number of rotatable bonds is 2. The summed E-state index contributed by atoms with van der Waals surface area (Å²) in [5, 5.41) is 3.11. The van der Waals surface area contributed by atoms with Gasteiger partial charge < -0.3 is 10.2 Å². The van der Waals surface area contributed by atoms with E-state index in [4.69, 9.17) is 0 Å². The van der Waals surface area contributed by atoms with Crippen molar-refractivity contribution in [3.63, 3.8) is 0 Å². The van der Waals surface area contributed by atoms with Gasteiger partial charge in [-0.2, -0.15) is 0 Å². The van der Waals surface area contributed by atoms with Crippen molar-refractivity contribution >= 4 is 5.91 Å². The molecule has 76 valence electrons. The number of halogens is 1. The predicted molar refractivity (Wildman–Crippen MR) is 49.2 cm³/mol. The maximum absolute atomic E-state index is 13.3. The number of alkyl halides is 1. The van der Waals surface area contributed by atoms with Crippen molar-refractivity contribution in [3.05, 3.63) is 0 Å². The van der Waals surface area contributed by atoms with Gasteiger partial charge in [-0.15, -0.1) is 0 Å². The van der Waals surface area contributed by atoms with Gasteiger partial charge in [0.15, 0.2) is 0 Å². The number of nitrogens with one attached hydrogen (secondary N) is 1. The van der Waals surface area contributed by atoms with Crippen molar-refractivity contribution in [1.29, 1.82) is 0 Å². The van der Waals surface area contributed by atoms with Crippen molar-refractivity contribution in [2.24, 2.45) is 0 Å². The van der Waals surface area contributed by atoms with Crippen LogP contribution in [0.4, 0.5) is 4.39 Å². The number of hydrogen-bond acceptors (Lipinski definition) is 2. The van der Waals surface area contributed by atoms with Gasteiger partial charge in [-0.25, -0.2) is 4.39 Å². The average molecular weight is 188 g/mol. The van der Waals surface area contributed by atoms with Gasteiger partial charge in [0.25, 0.3) is 0 Å². The second-order valence-electron chi connectivity index (χ2n) is 3.87. The largest absolute Gasteiger partial charge is 0.338 e. The Balaban J connectivity index is 2.46. The number of carbonyl (C=O) groups is 1. The highest BCUT2D eigenvalue weighted by molar-refractivity contribution is 5.73. The lowest BCUT2D eigenvalue weighted by Crippen LogP contribution is -2.41. The fourth-order valence-corrected chi connectivity index (χ4v) is 1.61. The molecule has 1 amide bonds. The molecule has 1 rings (SSSR count). The Hall–Kier alpha value is -0.640. The molecule has 1 N–H and O–H groups in total. The van der Waals surface area contributed by atoms with Crippen molar-refractivity contribution in [2.75, 3.05) is 13.1 Å². The van der Waals surface area contributed by atoms with Gasteiger partial charge in [0.1, 0.15) is 6.17 Å². The highest BCUT2D eigenvalue weighted by Crippen LogP contribution is 2.13. The molecule has 0 aromatic carbocycles. The lowest BCUT2D eigenvalue weighted by atomic mass is 10.2. The second kappa shape index (κ2) is 4.05. The number of nitrogens with zero attached hydrogens (tertiary/aromatic N) is 1. The predicted octanol–water partition coefficient (Wildman–Crippen LogP) is 0.553. The lowest BCUT2D eigenvalue weighted by molar-refractivity contribution is -0.128. The maximum atomic E-state index is 13.3. The third kappa shape index (κ3) is 2.66. The molecule has 0 aliphatic carbocycles. The molecule has 1 aliphatic heterocycles. The number of hydrogen-bond donors (Lipinski definition) is 1. The number of likely N-dealkylation sites (tertiary alicyclic amines) is 1. The van der Waals surface area contributed by atoms with Crippen LogP contribution in [0.2, 0.25) is 0 Å². The SMILES string of the molecule is CC(=O)N1C[C@H](F)[C@H](NC(C)C)C1. The van der Waals surface area contributed by atoms with Crippen LogP contribution in [0, 0.1) is 0 Å². The molecule has 0 bridgehead atoms. The van der Waals surface area contributed by atoms with E-state index in [9.17, 15) is 9.18 Å². The molecule has 0 spiro atoms. The van der Waals surface area contributed by atoms with E-state index < -0.39 is 6.17 Å². The van der Waals surface area contributed by atoms with Crippen LogP contribution in [0.15, 0.2) is 0 Å². The molecule has 13 heavy (non-hydrogen) atoms. The number of amides is 1. The Bertz CT molecular complexity index is 196.